The first-order chi connectivity index (χ1) is 21.3. The van der Waals surface area contributed by atoms with Gasteiger partial charge in [0.1, 0.15) is 16.8 Å². The summed E-state index contributed by atoms with van der Waals surface area (Å²) in [6, 6.07) is 22.0. The zero-order valence-electron chi connectivity index (χ0n) is 25.0. The Morgan fingerprint density at radius 3 is 2.30 bits per heavy atom. The van der Waals surface area contributed by atoms with Crippen LogP contribution in [0.15, 0.2) is 78.0 Å². The molecule has 0 saturated carbocycles. The molecule has 0 atom stereocenters. The van der Waals surface area contributed by atoms with E-state index in [1.165, 1.54) is 17.8 Å². The molecule has 0 aliphatic carbocycles. The van der Waals surface area contributed by atoms with E-state index >= 15 is 0 Å². The van der Waals surface area contributed by atoms with Crippen LogP contribution in [0.25, 0.3) is 0 Å². The number of nitrogens with zero attached hydrogens (tertiary/aromatic N) is 5. The highest BCUT2D eigenvalue weighted by atomic mass is 35.5. The number of likely N-dealkylation sites (N-methyl/N-ethyl adjacent to an activating group) is 1. The van der Waals surface area contributed by atoms with Gasteiger partial charge in [0.05, 0.1) is 19.9 Å². The number of hydrogen-bond donors (Lipinski definition) is 0. The maximum Gasteiger partial charge on any atom is 0.253 e. The van der Waals surface area contributed by atoms with Crippen molar-refractivity contribution in [2.45, 2.75) is 17.3 Å². The Hall–Kier alpha value is -4.02. The number of hydrogen-bond acceptors (Lipinski definition) is 8. The minimum Gasteiger partial charge on any atom is -0.493 e. The summed E-state index contributed by atoms with van der Waals surface area (Å²) in [6.07, 6.45) is 0.695. The van der Waals surface area contributed by atoms with Gasteiger partial charge in [0.15, 0.2) is 16.7 Å². The third kappa shape index (κ3) is 7.73. The topological polar surface area (TPSA) is 71.0 Å². The Balaban J connectivity index is 1.13. The van der Waals surface area contributed by atoms with E-state index in [0.29, 0.717) is 78.0 Å². The highest BCUT2D eigenvalue weighted by molar-refractivity contribution is 7.98. The normalized spacial score (nSPS) is 13.1. The van der Waals surface area contributed by atoms with Crippen LogP contribution in [-0.4, -0.2) is 74.8 Å². The molecule has 3 aromatic carbocycles. The number of amides is 1. The summed E-state index contributed by atoms with van der Waals surface area (Å²) < 4.78 is 24.9. The minimum absolute atomic E-state index is 0.0393. The van der Waals surface area contributed by atoms with E-state index in [4.69, 9.17) is 26.1 Å². The fourth-order valence-electron chi connectivity index (χ4n) is 5.04. The first kappa shape index (κ1) is 31.4. The molecule has 0 bridgehead atoms. The fourth-order valence-corrected chi connectivity index (χ4v) is 6.08. The van der Waals surface area contributed by atoms with E-state index in [2.05, 4.69) is 14.8 Å². The quantitative estimate of drug-likeness (QED) is 0.109. The van der Waals surface area contributed by atoms with Gasteiger partial charge in [-0.2, -0.15) is 0 Å². The lowest BCUT2D eigenvalue weighted by molar-refractivity contribution is 0.0796. The number of methoxy groups -OCH3 is 2. The number of anilines is 2. The first-order valence-corrected chi connectivity index (χ1v) is 15.7. The van der Waals surface area contributed by atoms with Gasteiger partial charge in [-0.1, -0.05) is 53.7 Å². The Morgan fingerprint density at radius 2 is 1.59 bits per heavy atom. The van der Waals surface area contributed by atoms with E-state index in [1.807, 2.05) is 54.6 Å². The highest BCUT2D eigenvalue weighted by Gasteiger charge is 2.21. The standard InChI is InChI=1S/C33H35ClFN5O3S/c1-38(15-14-23-10-13-28(42-2)29(20-23)43-3)32(41)25-11-8-24(9-12-25)22-44-33-36-30(34)21-31(37-33)40-18-16-39(17-19-40)27-7-5-4-6-26(27)35/h4-13,20-21H,14-19,22H2,1-3H3. The van der Waals surface area contributed by atoms with Crippen LogP contribution in [0.5, 0.6) is 11.5 Å². The van der Waals surface area contributed by atoms with E-state index in [1.54, 1.807) is 38.3 Å². The van der Waals surface area contributed by atoms with Gasteiger partial charge in [0.2, 0.25) is 0 Å². The lowest BCUT2D eigenvalue weighted by atomic mass is 10.1. The third-order valence-electron chi connectivity index (χ3n) is 7.56. The molecule has 1 aliphatic heterocycles. The number of para-hydroxylation sites is 1. The summed E-state index contributed by atoms with van der Waals surface area (Å²) in [7, 11) is 5.02. The number of benzene rings is 3. The number of aromatic nitrogens is 2. The van der Waals surface area contributed by atoms with Gasteiger partial charge in [0, 0.05) is 57.2 Å². The van der Waals surface area contributed by atoms with Crippen molar-refractivity contribution < 1.29 is 18.7 Å². The van der Waals surface area contributed by atoms with Gasteiger partial charge in [-0.25, -0.2) is 14.4 Å². The number of rotatable bonds is 11. The van der Waals surface area contributed by atoms with E-state index in [-0.39, 0.29) is 11.7 Å². The second kappa shape index (κ2) is 14.6. The Labute approximate surface area is 266 Å². The molecule has 1 amide bonds. The van der Waals surface area contributed by atoms with Crippen LogP contribution in [0.1, 0.15) is 21.5 Å². The van der Waals surface area contributed by atoms with Crippen molar-refractivity contribution in [1.82, 2.24) is 14.9 Å². The molecule has 0 spiro atoms. The van der Waals surface area contributed by atoms with Crippen LogP contribution in [-0.2, 0) is 12.2 Å². The molecule has 44 heavy (non-hydrogen) atoms. The van der Waals surface area contributed by atoms with Gasteiger partial charge in [-0.3, -0.25) is 4.79 Å². The van der Waals surface area contributed by atoms with Gasteiger partial charge in [0.25, 0.3) is 5.91 Å². The summed E-state index contributed by atoms with van der Waals surface area (Å²) in [6.45, 7) is 3.33. The molecule has 0 N–H and O–H groups in total. The van der Waals surface area contributed by atoms with Crippen LogP contribution in [0.3, 0.4) is 0 Å². The molecule has 230 valence electrons. The SMILES string of the molecule is COc1ccc(CCN(C)C(=O)c2ccc(CSc3nc(Cl)cc(N4CCN(c5ccccc5F)CC4)n3)cc2)cc1OC. The van der Waals surface area contributed by atoms with Gasteiger partial charge < -0.3 is 24.2 Å². The van der Waals surface area contributed by atoms with Crippen LogP contribution in [0, 0.1) is 5.82 Å². The van der Waals surface area contributed by atoms with E-state index in [0.717, 1.165) is 16.9 Å². The molecule has 4 aromatic rings. The van der Waals surface area contributed by atoms with Crippen LogP contribution >= 0.6 is 23.4 Å². The number of ether oxygens (including phenoxy) is 2. The molecule has 1 aromatic heterocycles. The van der Waals surface area contributed by atoms with Crippen molar-refractivity contribution in [3.8, 4) is 11.5 Å². The molecule has 1 aliphatic rings. The summed E-state index contributed by atoms with van der Waals surface area (Å²) >= 11 is 7.86. The molecule has 1 fully saturated rings. The third-order valence-corrected chi connectivity index (χ3v) is 8.67. The second-order valence-electron chi connectivity index (χ2n) is 10.4. The fraction of sp³-hybridized carbons (Fsp3) is 0.303. The van der Waals surface area contributed by atoms with Gasteiger partial charge >= 0.3 is 0 Å². The molecule has 11 heteroatoms. The van der Waals surface area contributed by atoms with Crippen LogP contribution in [0.2, 0.25) is 5.15 Å². The zero-order valence-corrected chi connectivity index (χ0v) is 26.6. The van der Waals surface area contributed by atoms with Crippen molar-refractivity contribution in [3.05, 3.63) is 100 Å². The minimum atomic E-state index is -0.208. The lowest BCUT2D eigenvalue weighted by Gasteiger charge is -2.36. The number of halogens is 2. The molecule has 0 radical (unpaired) electrons. The van der Waals surface area contributed by atoms with E-state index < -0.39 is 0 Å². The number of thioether (sulfide) groups is 1. The maximum atomic E-state index is 14.2. The predicted molar refractivity (Wildman–Crippen MR) is 174 cm³/mol. The number of carbonyl (C=O) groups is 1. The molecular weight excluding hydrogens is 601 g/mol. The van der Waals surface area contributed by atoms with Gasteiger partial charge in [-0.15, -0.1) is 0 Å². The molecular formula is C33H35ClFN5O3S. The first-order valence-electron chi connectivity index (χ1n) is 14.3. The Kier molecular flexibility index (Phi) is 10.4. The van der Waals surface area contributed by atoms with Crippen molar-refractivity contribution in [1.29, 1.82) is 0 Å². The summed E-state index contributed by atoms with van der Waals surface area (Å²) in [5.41, 5.74) is 3.36. The molecule has 5 rings (SSSR count). The summed E-state index contributed by atoms with van der Waals surface area (Å²) in [4.78, 5) is 28.1. The largest absolute Gasteiger partial charge is 0.493 e. The second-order valence-corrected chi connectivity index (χ2v) is 11.7. The smallest absolute Gasteiger partial charge is 0.253 e. The molecule has 1 saturated heterocycles. The van der Waals surface area contributed by atoms with Crippen LogP contribution in [0.4, 0.5) is 15.9 Å². The van der Waals surface area contributed by atoms with Crippen molar-refractivity contribution in [2.75, 3.05) is 63.8 Å². The lowest BCUT2D eigenvalue weighted by Crippen LogP contribution is -2.47. The van der Waals surface area contributed by atoms with E-state index in [9.17, 15) is 9.18 Å². The summed E-state index contributed by atoms with van der Waals surface area (Å²) in [5.74, 6) is 2.49. The monoisotopic (exact) mass is 635 g/mol. The average molecular weight is 636 g/mol. The maximum absolute atomic E-state index is 14.2. The zero-order chi connectivity index (χ0) is 31.1. The molecule has 0 unspecified atom stereocenters. The van der Waals surface area contributed by atoms with Crippen molar-refractivity contribution in [3.63, 3.8) is 0 Å². The molecule has 2 heterocycles. The van der Waals surface area contributed by atoms with Crippen LogP contribution < -0.4 is 19.3 Å². The highest BCUT2D eigenvalue weighted by Crippen LogP contribution is 2.29. The Bertz CT molecular complexity index is 1580. The summed E-state index contributed by atoms with van der Waals surface area (Å²) in [5, 5.41) is 0.963. The number of carbonyl (C=O) groups excluding carboxylic acids is 1. The van der Waals surface area contributed by atoms with Crippen molar-refractivity contribution in [2.24, 2.45) is 0 Å². The van der Waals surface area contributed by atoms with Gasteiger partial charge in [-0.05, 0) is 53.9 Å². The Morgan fingerprint density at radius 1 is 0.909 bits per heavy atom. The average Bonchev–Trinajstić information content (AvgIpc) is 3.06. The predicted octanol–water partition coefficient (Wildman–Crippen LogP) is 6.22. The number of piperazine rings is 1. The van der Waals surface area contributed by atoms with Crippen molar-refractivity contribution >= 4 is 40.8 Å². The molecule has 8 nitrogen and oxygen atoms in total.